The number of carbonyl (C=O) groups is 1. The van der Waals surface area contributed by atoms with Crippen LogP contribution in [0.5, 0.6) is 5.75 Å². The highest BCUT2D eigenvalue weighted by atomic mass is 16.5. The van der Waals surface area contributed by atoms with Crippen molar-refractivity contribution in [3.63, 3.8) is 0 Å². The molecular formula is C21H28O3. The third-order valence-electron chi connectivity index (χ3n) is 7.15. The molecule has 1 aromatic carbocycles. The Morgan fingerprint density at radius 1 is 1.21 bits per heavy atom. The fourth-order valence-corrected chi connectivity index (χ4v) is 6.03. The first-order valence-corrected chi connectivity index (χ1v) is 9.37. The molecule has 2 saturated carbocycles. The van der Waals surface area contributed by atoms with Crippen LogP contribution in [0.4, 0.5) is 0 Å². The molecule has 24 heavy (non-hydrogen) atoms. The highest BCUT2D eigenvalue weighted by molar-refractivity contribution is 5.66. The van der Waals surface area contributed by atoms with E-state index < -0.39 is 0 Å². The smallest absolute Gasteiger partial charge is 0.302 e. The number of rotatable bonds is 2. The van der Waals surface area contributed by atoms with E-state index in [9.17, 15) is 4.79 Å². The lowest BCUT2D eigenvalue weighted by atomic mass is 9.55. The van der Waals surface area contributed by atoms with Crippen molar-refractivity contribution in [2.24, 2.45) is 17.3 Å². The Hall–Kier alpha value is -1.51. The molecule has 4 rings (SSSR count). The number of methoxy groups -OCH3 is 1. The van der Waals surface area contributed by atoms with Gasteiger partial charge in [-0.05, 0) is 79.5 Å². The Morgan fingerprint density at radius 2 is 2.04 bits per heavy atom. The molecule has 3 aliphatic rings. The zero-order valence-electron chi connectivity index (χ0n) is 15.0. The van der Waals surface area contributed by atoms with Crippen molar-refractivity contribution < 1.29 is 14.3 Å². The van der Waals surface area contributed by atoms with Crippen LogP contribution in [0.1, 0.15) is 63.0 Å². The second-order valence-electron chi connectivity index (χ2n) is 8.20. The van der Waals surface area contributed by atoms with Gasteiger partial charge in [0.05, 0.1) is 7.11 Å². The molecule has 0 radical (unpaired) electrons. The first-order chi connectivity index (χ1) is 11.5. The van der Waals surface area contributed by atoms with Gasteiger partial charge in [0.2, 0.25) is 0 Å². The highest BCUT2D eigenvalue weighted by Crippen LogP contribution is 2.61. The molecule has 0 heterocycles. The summed E-state index contributed by atoms with van der Waals surface area (Å²) in [5.74, 6) is 2.96. The van der Waals surface area contributed by atoms with Gasteiger partial charge in [-0.1, -0.05) is 13.0 Å². The van der Waals surface area contributed by atoms with Gasteiger partial charge >= 0.3 is 5.97 Å². The van der Waals surface area contributed by atoms with E-state index in [4.69, 9.17) is 9.47 Å². The Labute approximate surface area is 144 Å². The third-order valence-corrected chi connectivity index (χ3v) is 7.15. The van der Waals surface area contributed by atoms with E-state index >= 15 is 0 Å². The SMILES string of the molecule is COc1ccc2c(c1)CC[C@H]1[C@@H]2CC[C@]2(C)[C@H](OC(C)=O)CC[C@@H]12. The molecule has 2 fully saturated rings. The molecule has 0 spiro atoms. The van der Waals surface area contributed by atoms with E-state index in [1.807, 2.05) is 0 Å². The summed E-state index contributed by atoms with van der Waals surface area (Å²) < 4.78 is 11.1. The Bertz CT molecular complexity index is 652. The van der Waals surface area contributed by atoms with Crippen molar-refractivity contribution >= 4 is 5.97 Å². The standard InChI is InChI=1S/C21H28O3/c1-13(22)24-20-9-8-19-18-6-4-14-12-15(23-3)5-7-16(14)17(18)10-11-21(19,20)2/h5,7,12,17-20H,4,6,8-11H2,1-3H3/t17-,18+,19+,20-,21+/m1/s1. The normalized spacial score (nSPS) is 37.1. The molecular weight excluding hydrogens is 300 g/mol. The Kier molecular flexibility index (Phi) is 3.85. The lowest BCUT2D eigenvalue weighted by molar-refractivity contribution is -0.154. The van der Waals surface area contributed by atoms with Crippen LogP contribution in [0.25, 0.3) is 0 Å². The Morgan fingerprint density at radius 3 is 2.79 bits per heavy atom. The lowest BCUT2D eigenvalue weighted by Crippen LogP contribution is -2.45. The maximum atomic E-state index is 11.5. The summed E-state index contributed by atoms with van der Waals surface area (Å²) in [6.07, 6.45) is 7.17. The second kappa shape index (κ2) is 5.79. The summed E-state index contributed by atoms with van der Waals surface area (Å²) in [5.41, 5.74) is 3.20. The summed E-state index contributed by atoms with van der Waals surface area (Å²) >= 11 is 0. The number of carbonyl (C=O) groups excluding carboxylic acids is 1. The minimum atomic E-state index is -0.120. The average Bonchev–Trinajstić information content (AvgIpc) is 2.90. The van der Waals surface area contributed by atoms with E-state index in [0.717, 1.165) is 24.5 Å². The molecule has 0 bridgehead atoms. The summed E-state index contributed by atoms with van der Waals surface area (Å²) in [6.45, 7) is 3.92. The predicted molar refractivity (Wildman–Crippen MR) is 93.2 cm³/mol. The van der Waals surface area contributed by atoms with Crippen molar-refractivity contribution in [2.45, 2.75) is 64.4 Å². The summed E-state index contributed by atoms with van der Waals surface area (Å²) in [7, 11) is 1.74. The van der Waals surface area contributed by atoms with Crippen molar-refractivity contribution in [1.29, 1.82) is 0 Å². The zero-order chi connectivity index (χ0) is 16.9. The van der Waals surface area contributed by atoms with Crippen LogP contribution in [0.2, 0.25) is 0 Å². The minimum Gasteiger partial charge on any atom is -0.497 e. The molecule has 3 heteroatoms. The number of esters is 1. The largest absolute Gasteiger partial charge is 0.497 e. The lowest BCUT2D eigenvalue weighted by Gasteiger charge is -2.50. The predicted octanol–water partition coefficient (Wildman–Crippen LogP) is 4.48. The van der Waals surface area contributed by atoms with Gasteiger partial charge in [-0.15, -0.1) is 0 Å². The van der Waals surface area contributed by atoms with E-state index in [-0.39, 0.29) is 17.5 Å². The molecule has 3 aliphatic carbocycles. The first kappa shape index (κ1) is 16.0. The summed E-state index contributed by atoms with van der Waals surface area (Å²) in [4.78, 5) is 11.5. The number of aryl methyl sites for hydroxylation is 1. The molecule has 0 unspecified atom stereocenters. The highest BCUT2D eigenvalue weighted by Gasteiger charge is 2.56. The quantitative estimate of drug-likeness (QED) is 0.751. The summed E-state index contributed by atoms with van der Waals surface area (Å²) in [5, 5.41) is 0. The fraction of sp³-hybridized carbons (Fsp3) is 0.667. The maximum absolute atomic E-state index is 11.5. The van der Waals surface area contributed by atoms with Crippen LogP contribution in [0.3, 0.4) is 0 Å². The number of hydrogen-bond acceptors (Lipinski definition) is 3. The molecule has 0 aliphatic heterocycles. The van der Waals surface area contributed by atoms with E-state index in [1.54, 1.807) is 19.6 Å². The molecule has 5 atom stereocenters. The van der Waals surface area contributed by atoms with Gasteiger partial charge in [0, 0.05) is 12.3 Å². The van der Waals surface area contributed by atoms with Crippen LogP contribution in [-0.2, 0) is 16.0 Å². The molecule has 0 N–H and O–H groups in total. The molecule has 0 aromatic heterocycles. The van der Waals surface area contributed by atoms with Crippen LogP contribution >= 0.6 is 0 Å². The zero-order valence-corrected chi connectivity index (χ0v) is 15.0. The van der Waals surface area contributed by atoms with Gasteiger partial charge in [-0.25, -0.2) is 0 Å². The number of fused-ring (bicyclic) bond motifs is 5. The van der Waals surface area contributed by atoms with Gasteiger partial charge < -0.3 is 9.47 Å². The van der Waals surface area contributed by atoms with Crippen LogP contribution in [-0.4, -0.2) is 19.2 Å². The molecule has 0 amide bonds. The van der Waals surface area contributed by atoms with Crippen LogP contribution < -0.4 is 4.74 Å². The van der Waals surface area contributed by atoms with Crippen LogP contribution in [0, 0.1) is 17.3 Å². The topological polar surface area (TPSA) is 35.5 Å². The van der Waals surface area contributed by atoms with Gasteiger partial charge in [-0.3, -0.25) is 4.79 Å². The number of ether oxygens (including phenoxy) is 2. The first-order valence-electron chi connectivity index (χ1n) is 9.37. The van der Waals surface area contributed by atoms with Crippen molar-refractivity contribution in [3.8, 4) is 5.75 Å². The second-order valence-corrected chi connectivity index (χ2v) is 8.20. The van der Waals surface area contributed by atoms with Crippen molar-refractivity contribution in [1.82, 2.24) is 0 Å². The van der Waals surface area contributed by atoms with Gasteiger partial charge in [0.1, 0.15) is 11.9 Å². The van der Waals surface area contributed by atoms with Crippen molar-refractivity contribution in [3.05, 3.63) is 29.3 Å². The molecule has 0 saturated heterocycles. The van der Waals surface area contributed by atoms with Crippen molar-refractivity contribution in [2.75, 3.05) is 7.11 Å². The molecule has 130 valence electrons. The minimum absolute atomic E-state index is 0.120. The summed E-state index contributed by atoms with van der Waals surface area (Å²) in [6, 6.07) is 6.65. The van der Waals surface area contributed by atoms with Crippen LogP contribution in [0.15, 0.2) is 18.2 Å². The molecule has 1 aromatic rings. The Balaban J connectivity index is 1.62. The van der Waals surface area contributed by atoms with E-state index in [1.165, 1.54) is 31.2 Å². The molecule has 3 nitrogen and oxygen atoms in total. The third kappa shape index (κ3) is 2.35. The fourth-order valence-electron chi connectivity index (χ4n) is 6.03. The van der Waals surface area contributed by atoms with E-state index in [0.29, 0.717) is 11.8 Å². The number of benzene rings is 1. The maximum Gasteiger partial charge on any atom is 0.302 e. The number of hydrogen-bond donors (Lipinski definition) is 0. The van der Waals surface area contributed by atoms with Gasteiger partial charge in [0.25, 0.3) is 0 Å². The van der Waals surface area contributed by atoms with Gasteiger partial charge in [-0.2, -0.15) is 0 Å². The average molecular weight is 328 g/mol. The monoisotopic (exact) mass is 328 g/mol. The van der Waals surface area contributed by atoms with Gasteiger partial charge in [0.15, 0.2) is 0 Å². The van der Waals surface area contributed by atoms with E-state index in [2.05, 4.69) is 25.1 Å².